The van der Waals surface area contributed by atoms with Crippen LogP contribution < -0.4 is 4.74 Å². The highest BCUT2D eigenvalue weighted by Crippen LogP contribution is 2.26. The number of hydrogen-bond acceptors (Lipinski definition) is 3. The van der Waals surface area contributed by atoms with Gasteiger partial charge in [0.25, 0.3) is 0 Å². The number of thioether (sulfide) groups is 1. The molecule has 2 nitrogen and oxygen atoms in total. The molecular formula is C15H12ClFO2S. The standard InChI is InChI=1S/C15H12ClFO2S/c1-10-6-7-11(16)13(8-10)19-15(18)9-20-14-5-3-2-4-12(14)17/h2-8H,9H2,1H3. The summed E-state index contributed by atoms with van der Waals surface area (Å²) >= 11 is 7.03. The summed E-state index contributed by atoms with van der Waals surface area (Å²) in [6.45, 7) is 1.88. The predicted molar refractivity (Wildman–Crippen MR) is 78.9 cm³/mol. The monoisotopic (exact) mass is 310 g/mol. The molecule has 2 aromatic carbocycles. The molecule has 0 aromatic heterocycles. The van der Waals surface area contributed by atoms with E-state index in [9.17, 15) is 9.18 Å². The lowest BCUT2D eigenvalue weighted by atomic mass is 10.2. The van der Waals surface area contributed by atoms with Crippen molar-refractivity contribution in [2.24, 2.45) is 0 Å². The van der Waals surface area contributed by atoms with Crippen molar-refractivity contribution in [3.63, 3.8) is 0 Å². The number of benzene rings is 2. The van der Waals surface area contributed by atoms with Gasteiger partial charge in [0, 0.05) is 4.90 Å². The van der Waals surface area contributed by atoms with E-state index in [1.54, 1.807) is 30.3 Å². The van der Waals surface area contributed by atoms with Crippen LogP contribution in [0.4, 0.5) is 4.39 Å². The lowest BCUT2D eigenvalue weighted by Crippen LogP contribution is -2.11. The summed E-state index contributed by atoms with van der Waals surface area (Å²) in [5.41, 5.74) is 0.943. The Morgan fingerprint density at radius 3 is 2.80 bits per heavy atom. The van der Waals surface area contributed by atoms with Crippen molar-refractivity contribution >= 4 is 29.3 Å². The van der Waals surface area contributed by atoms with Gasteiger partial charge in [-0.2, -0.15) is 0 Å². The summed E-state index contributed by atoms with van der Waals surface area (Å²) in [6.07, 6.45) is 0. The zero-order valence-corrected chi connectivity index (χ0v) is 12.3. The van der Waals surface area contributed by atoms with Crippen LogP contribution in [-0.2, 0) is 4.79 Å². The average Bonchev–Trinajstić information content (AvgIpc) is 2.42. The van der Waals surface area contributed by atoms with Crippen LogP contribution in [0.1, 0.15) is 5.56 Å². The summed E-state index contributed by atoms with van der Waals surface area (Å²) in [4.78, 5) is 12.2. The van der Waals surface area contributed by atoms with Crippen molar-refractivity contribution in [1.82, 2.24) is 0 Å². The molecule has 0 amide bonds. The first-order valence-corrected chi connectivity index (χ1v) is 7.27. The molecule has 2 rings (SSSR count). The summed E-state index contributed by atoms with van der Waals surface area (Å²) in [5, 5.41) is 0.375. The molecule has 5 heteroatoms. The first-order valence-electron chi connectivity index (χ1n) is 5.90. The van der Waals surface area contributed by atoms with Gasteiger partial charge in [0.05, 0.1) is 10.8 Å². The van der Waals surface area contributed by atoms with E-state index in [2.05, 4.69) is 0 Å². The topological polar surface area (TPSA) is 26.3 Å². The fourth-order valence-corrected chi connectivity index (χ4v) is 2.41. The van der Waals surface area contributed by atoms with Crippen molar-refractivity contribution in [3.05, 3.63) is 58.9 Å². The molecule has 0 aliphatic rings. The number of aryl methyl sites for hydroxylation is 1. The van der Waals surface area contributed by atoms with Gasteiger partial charge < -0.3 is 4.74 Å². The molecule has 0 radical (unpaired) electrons. The SMILES string of the molecule is Cc1ccc(Cl)c(OC(=O)CSc2ccccc2F)c1. The number of rotatable bonds is 4. The molecule has 0 saturated carbocycles. The fraction of sp³-hybridized carbons (Fsp3) is 0.133. The van der Waals surface area contributed by atoms with Gasteiger partial charge in [0.2, 0.25) is 0 Å². The molecular weight excluding hydrogens is 299 g/mol. The van der Waals surface area contributed by atoms with Gasteiger partial charge in [-0.3, -0.25) is 4.79 Å². The van der Waals surface area contributed by atoms with E-state index >= 15 is 0 Å². The Labute approximate surface area is 125 Å². The molecule has 0 heterocycles. The molecule has 0 saturated heterocycles. The van der Waals surface area contributed by atoms with Crippen molar-refractivity contribution in [3.8, 4) is 5.75 Å². The van der Waals surface area contributed by atoms with Gasteiger partial charge in [-0.05, 0) is 36.8 Å². The molecule has 0 aliphatic carbocycles. The second-order valence-corrected chi connectivity index (χ2v) is 5.55. The van der Waals surface area contributed by atoms with Crippen LogP contribution in [-0.4, -0.2) is 11.7 Å². The van der Waals surface area contributed by atoms with Gasteiger partial charge >= 0.3 is 5.97 Å². The van der Waals surface area contributed by atoms with Crippen LogP contribution in [0.3, 0.4) is 0 Å². The number of carbonyl (C=O) groups is 1. The summed E-state index contributed by atoms with van der Waals surface area (Å²) in [5.74, 6) is -0.471. The number of halogens is 2. The Morgan fingerprint density at radius 2 is 2.05 bits per heavy atom. The smallest absolute Gasteiger partial charge is 0.321 e. The molecule has 0 spiro atoms. The third-order valence-corrected chi connectivity index (χ3v) is 3.83. The number of carbonyl (C=O) groups excluding carboxylic acids is 1. The largest absolute Gasteiger partial charge is 0.424 e. The van der Waals surface area contributed by atoms with E-state index in [0.29, 0.717) is 15.7 Å². The van der Waals surface area contributed by atoms with E-state index in [1.807, 2.05) is 13.0 Å². The van der Waals surface area contributed by atoms with Gasteiger partial charge in [-0.15, -0.1) is 11.8 Å². The van der Waals surface area contributed by atoms with Crippen molar-refractivity contribution in [1.29, 1.82) is 0 Å². The zero-order valence-electron chi connectivity index (χ0n) is 10.7. The highest BCUT2D eigenvalue weighted by Gasteiger charge is 2.10. The van der Waals surface area contributed by atoms with E-state index in [4.69, 9.17) is 16.3 Å². The first kappa shape index (κ1) is 14.9. The molecule has 0 aliphatic heterocycles. The van der Waals surface area contributed by atoms with E-state index in [1.165, 1.54) is 6.07 Å². The average molecular weight is 311 g/mol. The van der Waals surface area contributed by atoms with E-state index < -0.39 is 5.97 Å². The molecule has 0 unspecified atom stereocenters. The van der Waals surface area contributed by atoms with Crippen LogP contribution >= 0.6 is 23.4 Å². The number of ether oxygens (including phenoxy) is 1. The third kappa shape index (κ3) is 3.99. The second kappa shape index (κ2) is 6.77. The molecule has 104 valence electrons. The maximum atomic E-state index is 13.4. The van der Waals surface area contributed by atoms with Crippen LogP contribution in [0.25, 0.3) is 0 Å². The maximum Gasteiger partial charge on any atom is 0.321 e. The number of esters is 1. The van der Waals surface area contributed by atoms with Crippen LogP contribution in [0.5, 0.6) is 5.75 Å². The number of hydrogen-bond donors (Lipinski definition) is 0. The Morgan fingerprint density at radius 1 is 1.30 bits per heavy atom. The van der Waals surface area contributed by atoms with Crippen LogP contribution in [0.15, 0.2) is 47.4 Å². The Kier molecular flexibility index (Phi) is 5.04. The first-order chi connectivity index (χ1) is 9.56. The van der Waals surface area contributed by atoms with Crippen molar-refractivity contribution in [2.45, 2.75) is 11.8 Å². The summed E-state index contributed by atoms with van der Waals surface area (Å²) in [7, 11) is 0. The Balaban J connectivity index is 1.96. The minimum absolute atomic E-state index is 0.0191. The molecule has 20 heavy (non-hydrogen) atoms. The highest BCUT2D eigenvalue weighted by atomic mass is 35.5. The quantitative estimate of drug-likeness (QED) is 0.473. The van der Waals surface area contributed by atoms with E-state index in [0.717, 1.165) is 17.3 Å². The minimum atomic E-state index is -0.467. The molecule has 0 fully saturated rings. The van der Waals surface area contributed by atoms with Crippen LogP contribution in [0, 0.1) is 12.7 Å². The van der Waals surface area contributed by atoms with Gasteiger partial charge in [-0.25, -0.2) is 4.39 Å². The Hall–Kier alpha value is -1.52. The van der Waals surface area contributed by atoms with Gasteiger partial charge in [0.15, 0.2) is 0 Å². The molecule has 0 bridgehead atoms. The second-order valence-electron chi connectivity index (χ2n) is 4.13. The lowest BCUT2D eigenvalue weighted by molar-refractivity contribution is -0.131. The third-order valence-electron chi connectivity index (χ3n) is 2.49. The summed E-state index contributed by atoms with van der Waals surface area (Å²) < 4.78 is 18.6. The van der Waals surface area contributed by atoms with Gasteiger partial charge in [0.1, 0.15) is 11.6 Å². The molecule has 0 atom stereocenters. The minimum Gasteiger partial charge on any atom is -0.424 e. The maximum absolute atomic E-state index is 13.4. The van der Waals surface area contributed by atoms with E-state index in [-0.39, 0.29) is 11.6 Å². The molecule has 2 aromatic rings. The predicted octanol–water partition coefficient (Wildman–Crippen LogP) is 4.49. The van der Waals surface area contributed by atoms with Crippen LogP contribution in [0.2, 0.25) is 5.02 Å². The summed E-state index contributed by atoms with van der Waals surface area (Å²) in [6, 6.07) is 11.5. The normalized spacial score (nSPS) is 10.3. The molecule has 0 N–H and O–H groups in total. The fourth-order valence-electron chi connectivity index (χ4n) is 1.54. The highest BCUT2D eigenvalue weighted by molar-refractivity contribution is 8.00. The van der Waals surface area contributed by atoms with Crippen molar-refractivity contribution < 1.29 is 13.9 Å². The Bertz CT molecular complexity index is 631. The lowest BCUT2D eigenvalue weighted by Gasteiger charge is -2.07. The zero-order chi connectivity index (χ0) is 14.5. The van der Waals surface area contributed by atoms with Gasteiger partial charge in [-0.1, -0.05) is 29.8 Å². The van der Waals surface area contributed by atoms with Crippen molar-refractivity contribution in [2.75, 3.05) is 5.75 Å².